The van der Waals surface area contributed by atoms with Gasteiger partial charge in [-0.15, -0.1) is 11.3 Å². The quantitative estimate of drug-likeness (QED) is 0.250. The molecule has 7 aromatic rings. The Labute approximate surface area is 213 Å². The van der Waals surface area contributed by atoms with Crippen LogP contribution >= 0.6 is 11.3 Å². The van der Waals surface area contributed by atoms with Crippen LogP contribution in [0.1, 0.15) is 0 Å². The van der Waals surface area contributed by atoms with Crippen molar-refractivity contribution < 1.29 is 0 Å². The molecule has 0 aliphatic carbocycles. The van der Waals surface area contributed by atoms with Crippen molar-refractivity contribution in [3.8, 4) is 11.1 Å². The van der Waals surface area contributed by atoms with E-state index in [0.29, 0.717) is 0 Å². The lowest BCUT2D eigenvalue weighted by molar-refractivity contribution is 1.25. The third-order valence-corrected chi connectivity index (χ3v) is 7.90. The van der Waals surface area contributed by atoms with Gasteiger partial charge in [-0.1, -0.05) is 78.9 Å². The van der Waals surface area contributed by atoms with E-state index in [2.05, 4.69) is 131 Å². The van der Waals surface area contributed by atoms with E-state index in [1.807, 2.05) is 23.7 Å². The van der Waals surface area contributed by atoms with Crippen LogP contribution in [0.3, 0.4) is 0 Å². The zero-order valence-electron chi connectivity index (χ0n) is 19.5. The summed E-state index contributed by atoms with van der Waals surface area (Å²) in [5.74, 6) is 0. The lowest BCUT2D eigenvalue weighted by Gasteiger charge is -2.27. The summed E-state index contributed by atoms with van der Waals surface area (Å²) in [6.07, 6.45) is 3.73. The van der Waals surface area contributed by atoms with Crippen LogP contribution < -0.4 is 4.90 Å². The number of aromatic nitrogens is 1. The summed E-state index contributed by atoms with van der Waals surface area (Å²) < 4.78 is 2.62. The van der Waals surface area contributed by atoms with Crippen LogP contribution in [0.25, 0.3) is 42.1 Å². The van der Waals surface area contributed by atoms with E-state index < -0.39 is 0 Å². The lowest BCUT2D eigenvalue weighted by atomic mass is 9.96. The molecule has 0 aliphatic rings. The summed E-state index contributed by atoms with van der Waals surface area (Å²) in [5.41, 5.74) is 5.80. The first-order valence-electron chi connectivity index (χ1n) is 12.1. The number of pyridine rings is 1. The second-order valence-corrected chi connectivity index (χ2v) is 9.95. The molecule has 7 rings (SSSR count). The van der Waals surface area contributed by atoms with Crippen LogP contribution in [0.2, 0.25) is 0 Å². The monoisotopic (exact) mass is 478 g/mol. The molecule has 0 saturated heterocycles. The zero-order chi connectivity index (χ0) is 23.9. The second kappa shape index (κ2) is 8.63. The van der Waals surface area contributed by atoms with Crippen molar-refractivity contribution in [2.24, 2.45) is 0 Å². The van der Waals surface area contributed by atoms with Gasteiger partial charge in [0.05, 0.1) is 5.69 Å². The average molecular weight is 479 g/mol. The third kappa shape index (κ3) is 3.44. The summed E-state index contributed by atoms with van der Waals surface area (Å²) >= 11 is 1.85. The van der Waals surface area contributed by atoms with E-state index in [0.717, 1.165) is 17.1 Å². The SMILES string of the molecule is c1ccc(-c2cccc3cccc(N(c4ccncc4)c4ccc5sc6ccccc6c5c4)c23)cc1. The highest BCUT2D eigenvalue weighted by molar-refractivity contribution is 7.25. The fraction of sp³-hybridized carbons (Fsp3) is 0. The average Bonchev–Trinajstić information content (AvgIpc) is 3.32. The van der Waals surface area contributed by atoms with Crippen LogP contribution in [0.4, 0.5) is 17.1 Å². The van der Waals surface area contributed by atoms with Crippen LogP contribution in [-0.2, 0) is 0 Å². The van der Waals surface area contributed by atoms with Crippen molar-refractivity contribution in [1.82, 2.24) is 4.98 Å². The minimum atomic E-state index is 1.08. The topological polar surface area (TPSA) is 16.1 Å². The van der Waals surface area contributed by atoms with Crippen LogP contribution in [0, 0.1) is 0 Å². The number of fused-ring (bicyclic) bond motifs is 4. The molecule has 36 heavy (non-hydrogen) atoms. The van der Waals surface area contributed by atoms with E-state index in [-0.39, 0.29) is 0 Å². The Balaban J connectivity index is 1.53. The Kier molecular flexibility index (Phi) is 5.00. The molecule has 0 spiro atoms. The fourth-order valence-corrected chi connectivity index (χ4v) is 6.23. The Morgan fingerprint density at radius 3 is 2.17 bits per heavy atom. The molecule has 3 heteroatoms. The largest absolute Gasteiger partial charge is 0.310 e. The maximum absolute atomic E-state index is 4.30. The maximum Gasteiger partial charge on any atom is 0.0546 e. The van der Waals surface area contributed by atoms with Crippen molar-refractivity contribution in [3.05, 3.63) is 134 Å². The minimum absolute atomic E-state index is 1.08. The summed E-state index contributed by atoms with van der Waals surface area (Å²) in [5, 5.41) is 5.04. The van der Waals surface area contributed by atoms with Gasteiger partial charge in [-0.05, 0) is 59.0 Å². The maximum atomic E-state index is 4.30. The lowest BCUT2D eigenvalue weighted by Crippen LogP contribution is -2.10. The zero-order valence-corrected chi connectivity index (χ0v) is 20.3. The van der Waals surface area contributed by atoms with E-state index in [1.165, 1.54) is 42.1 Å². The Hall–Kier alpha value is -4.47. The number of nitrogens with zero attached hydrogens (tertiary/aromatic N) is 2. The van der Waals surface area contributed by atoms with E-state index in [4.69, 9.17) is 0 Å². The van der Waals surface area contributed by atoms with Crippen LogP contribution in [0.15, 0.2) is 134 Å². The Bertz CT molecular complexity index is 1830. The molecule has 0 aliphatic heterocycles. The van der Waals surface area contributed by atoms with Gasteiger partial charge in [0, 0.05) is 49.3 Å². The molecule has 2 nitrogen and oxygen atoms in total. The highest BCUT2D eigenvalue weighted by atomic mass is 32.1. The number of rotatable bonds is 4. The molecule has 0 N–H and O–H groups in total. The fourth-order valence-electron chi connectivity index (χ4n) is 5.14. The first-order chi connectivity index (χ1) is 17.9. The molecule has 0 amide bonds. The molecule has 5 aromatic carbocycles. The van der Waals surface area contributed by atoms with Gasteiger partial charge in [0.25, 0.3) is 0 Å². The number of hydrogen-bond acceptors (Lipinski definition) is 3. The van der Waals surface area contributed by atoms with Crippen LogP contribution in [-0.4, -0.2) is 4.98 Å². The van der Waals surface area contributed by atoms with Gasteiger partial charge >= 0.3 is 0 Å². The third-order valence-electron chi connectivity index (χ3n) is 6.75. The first-order valence-corrected chi connectivity index (χ1v) is 12.9. The predicted molar refractivity (Wildman–Crippen MR) is 155 cm³/mol. The van der Waals surface area contributed by atoms with Crippen molar-refractivity contribution in [2.75, 3.05) is 4.90 Å². The van der Waals surface area contributed by atoms with Gasteiger partial charge in [0.1, 0.15) is 0 Å². The molecule has 0 radical (unpaired) electrons. The number of hydrogen-bond donors (Lipinski definition) is 0. The van der Waals surface area contributed by atoms with Crippen molar-refractivity contribution in [1.29, 1.82) is 0 Å². The predicted octanol–water partition coefficient (Wildman–Crippen LogP) is 9.74. The molecule has 0 saturated carbocycles. The minimum Gasteiger partial charge on any atom is -0.310 e. The van der Waals surface area contributed by atoms with Gasteiger partial charge in [0.2, 0.25) is 0 Å². The standard InChI is InChI=1S/C33H22N2S/c1-2-8-23(9-3-1)27-13-6-10-24-11-7-14-30(33(24)27)35(25-18-20-34-21-19-25)26-16-17-32-29(22-26)28-12-4-5-15-31(28)36-32/h1-22H. The molecule has 170 valence electrons. The van der Waals surface area contributed by atoms with Crippen molar-refractivity contribution >= 4 is 59.3 Å². The smallest absolute Gasteiger partial charge is 0.0546 e. The van der Waals surface area contributed by atoms with Gasteiger partial charge in [0.15, 0.2) is 0 Å². The second-order valence-electron chi connectivity index (χ2n) is 8.87. The highest BCUT2D eigenvalue weighted by Gasteiger charge is 2.18. The van der Waals surface area contributed by atoms with E-state index >= 15 is 0 Å². The Morgan fingerprint density at radius 2 is 1.31 bits per heavy atom. The molecule has 2 aromatic heterocycles. The summed E-state index contributed by atoms with van der Waals surface area (Å²) in [7, 11) is 0. The molecular formula is C33H22N2S. The van der Waals surface area contributed by atoms with Gasteiger partial charge in [-0.3, -0.25) is 4.98 Å². The first kappa shape index (κ1) is 20.9. The van der Waals surface area contributed by atoms with Crippen molar-refractivity contribution in [3.63, 3.8) is 0 Å². The van der Waals surface area contributed by atoms with E-state index in [9.17, 15) is 0 Å². The number of benzene rings is 5. The number of thiophene rings is 1. The molecular weight excluding hydrogens is 456 g/mol. The molecule has 0 fully saturated rings. The van der Waals surface area contributed by atoms with Gasteiger partial charge < -0.3 is 4.90 Å². The molecule has 2 heterocycles. The molecule has 0 bridgehead atoms. The summed E-state index contributed by atoms with van der Waals surface area (Å²) in [6.45, 7) is 0. The Morgan fingerprint density at radius 1 is 0.556 bits per heavy atom. The molecule has 0 atom stereocenters. The van der Waals surface area contributed by atoms with E-state index in [1.54, 1.807) is 0 Å². The van der Waals surface area contributed by atoms with Gasteiger partial charge in [-0.25, -0.2) is 0 Å². The summed E-state index contributed by atoms with van der Waals surface area (Å²) in [4.78, 5) is 6.66. The molecule has 0 unspecified atom stereocenters. The highest BCUT2D eigenvalue weighted by Crippen LogP contribution is 2.44. The van der Waals surface area contributed by atoms with Crippen molar-refractivity contribution in [2.45, 2.75) is 0 Å². The normalized spacial score (nSPS) is 11.3. The summed E-state index contributed by atoms with van der Waals surface area (Å²) in [6, 6.07) is 43.5. The van der Waals surface area contributed by atoms with Gasteiger partial charge in [-0.2, -0.15) is 0 Å². The number of anilines is 3. The van der Waals surface area contributed by atoms with Crippen LogP contribution in [0.5, 0.6) is 0 Å².